The molecule has 0 aromatic carbocycles. The number of nitrogens with one attached hydrogen (secondary N) is 2. The first-order valence-electron chi connectivity index (χ1n) is 7.90. The van der Waals surface area contributed by atoms with E-state index in [2.05, 4.69) is 29.6 Å². The Bertz CT molecular complexity index is 518. The van der Waals surface area contributed by atoms with Crippen LogP contribution in [-0.4, -0.2) is 34.8 Å². The van der Waals surface area contributed by atoms with Crippen LogP contribution in [-0.2, 0) is 18.3 Å². The van der Waals surface area contributed by atoms with Crippen molar-refractivity contribution in [1.82, 2.24) is 20.4 Å². The summed E-state index contributed by atoms with van der Waals surface area (Å²) in [6.45, 7) is 10.2. The van der Waals surface area contributed by atoms with E-state index >= 15 is 0 Å². The lowest BCUT2D eigenvalue weighted by Gasteiger charge is -2.31. The van der Waals surface area contributed by atoms with Crippen molar-refractivity contribution in [3.63, 3.8) is 0 Å². The summed E-state index contributed by atoms with van der Waals surface area (Å²) in [6, 6.07) is 0.254. The number of nitrogens with zero attached hydrogens (tertiary/aromatic N) is 2. The molecule has 1 aromatic rings. The summed E-state index contributed by atoms with van der Waals surface area (Å²) in [6.07, 6.45) is 1.88. The highest BCUT2D eigenvalue weighted by Gasteiger charge is 2.25. The fourth-order valence-electron chi connectivity index (χ4n) is 3.02. The molecule has 0 radical (unpaired) electrons. The molecule has 1 aromatic heterocycles. The summed E-state index contributed by atoms with van der Waals surface area (Å²) in [7, 11) is 1.95. The van der Waals surface area contributed by atoms with Gasteiger partial charge in [0.15, 0.2) is 0 Å². The summed E-state index contributed by atoms with van der Waals surface area (Å²) < 4.78 is 1.89. The van der Waals surface area contributed by atoms with Gasteiger partial charge in [0.25, 0.3) is 0 Å². The molecule has 1 fully saturated rings. The molecule has 0 spiro atoms. The molecule has 3 atom stereocenters. The first-order chi connectivity index (χ1) is 9.90. The Morgan fingerprint density at radius 3 is 2.61 bits per heavy atom. The Labute approximate surface area is 151 Å². The van der Waals surface area contributed by atoms with Crippen molar-refractivity contribution in [2.45, 2.75) is 46.6 Å². The van der Waals surface area contributed by atoms with E-state index in [9.17, 15) is 4.79 Å². The molecule has 5 nitrogen and oxygen atoms in total. The van der Waals surface area contributed by atoms with E-state index in [4.69, 9.17) is 0 Å². The van der Waals surface area contributed by atoms with Crippen LogP contribution in [0.5, 0.6) is 0 Å². The highest BCUT2D eigenvalue weighted by atomic mass is 35.5. The molecule has 2 rings (SSSR count). The Kier molecular flexibility index (Phi) is 9.18. The van der Waals surface area contributed by atoms with E-state index < -0.39 is 0 Å². The standard InChI is InChI=1S/C16H28N4O.2ClH/c1-10-6-7-17-9-15(10)18-16(21)11(2)8-14-12(3)19-20(5)13(14)4;;/h10-11,15,17H,6-9H2,1-5H3,(H,18,21);2*1H. The molecule has 23 heavy (non-hydrogen) atoms. The van der Waals surface area contributed by atoms with Gasteiger partial charge in [0.1, 0.15) is 0 Å². The second kappa shape index (κ2) is 9.50. The van der Waals surface area contributed by atoms with Gasteiger partial charge in [-0.3, -0.25) is 9.48 Å². The van der Waals surface area contributed by atoms with Crippen LogP contribution in [0.1, 0.15) is 37.2 Å². The molecule has 1 amide bonds. The molecule has 7 heteroatoms. The summed E-state index contributed by atoms with van der Waals surface area (Å²) in [4.78, 5) is 12.4. The van der Waals surface area contributed by atoms with Gasteiger partial charge in [-0.15, -0.1) is 24.8 Å². The number of rotatable bonds is 4. The van der Waals surface area contributed by atoms with Crippen LogP contribution in [0, 0.1) is 25.7 Å². The molecule has 1 aliphatic rings. The second-order valence-electron chi connectivity index (χ2n) is 6.46. The molecule has 0 bridgehead atoms. The predicted octanol–water partition coefficient (Wildman–Crippen LogP) is 2.17. The van der Waals surface area contributed by atoms with Gasteiger partial charge in [-0.2, -0.15) is 5.10 Å². The van der Waals surface area contributed by atoms with Crippen LogP contribution in [0.3, 0.4) is 0 Å². The molecule has 0 saturated carbocycles. The van der Waals surface area contributed by atoms with Crippen LogP contribution < -0.4 is 10.6 Å². The predicted molar refractivity (Wildman–Crippen MR) is 98.6 cm³/mol. The van der Waals surface area contributed by atoms with Crippen molar-refractivity contribution in [3.8, 4) is 0 Å². The number of carbonyl (C=O) groups is 1. The van der Waals surface area contributed by atoms with Gasteiger partial charge in [-0.1, -0.05) is 13.8 Å². The largest absolute Gasteiger partial charge is 0.352 e. The smallest absolute Gasteiger partial charge is 0.223 e. The molecule has 2 N–H and O–H groups in total. The number of hydrogen-bond acceptors (Lipinski definition) is 3. The number of hydrogen-bond donors (Lipinski definition) is 2. The lowest BCUT2D eigenvalue weighted by molar-refractivity contribution is -0.125. The quantitative estimate of drug-likeness (QED) is 0.860. The zero-order chi connectivity index (χ0) is 15.6. The van der Waals surface area contributed by atoms with Gasteiger partial charge in [0, 0.05) is 31.2 Å². The van der Waals surface area contributed by atoms with Crippen LogP contribution in [0.4, 0.5) is 0 Å². The summed E-state index contributed by atoms with van der Waals surface area (Å²) in [5.41, 5.74) is 3.39. The van der Waals surface area contributed by atoms with Gasteiger partial charge in [-0.05, 0) is 44.7 Å². The van der Waals surface area contributed by atoms with Crippen molar-refractivity contribution in [2.24, 2.45) is 18.9 Å². The topological polar surface area (TPSA) is 59.0 Å². The molecule has 134 valence electrons. The third kappa shape index (κ3) is 5.37. The average Bonchev–Trinajstić information content (AvgIpc) is 2.67. The maximum atomic E-state index is 12.4. The minimum absolute atomic E-state index is 0. The zero-order valence-corrected chi connectivity index (χ0v) is 16.3. The van der Waals surface area contributed by atoms with Gasteiger partial charge in [0.2, 0.25) is 5.91 Å². The van der Waals surface area contributed by atoms with E-state index in [1.807, 2.05) is 25.6 Å². The third-order valence-corrected chi connectivity index (χ3v) is 4.77. The van der Waals surface area contributed by atoms with Gasteiger partial charge in [0.05, 0.1) is 5.69 Å². The van der Waals surface area contributed by atoms with Crippen molar-refractivity contribution >= 4 is 30.7 Å². The number of amides is 1. The molecule has 1 saturated heterocycles. The van der Waals surface area contributed by atoms with Crippen molar-refractivity contribution in [1.29, 1.82) is 0 Å². The number of piperidine rings is 1. The van der Waals surface area contributed by atoms with Gasteiger partial charge < -0.3 is 10.6 Å². The lowest BCUT2D eigenvalue weighted by atomic mass is 9.93. The summed E-state index contributed by atoms with van der Waals surface area (Å²) in [5, 5.41) is 11.0. The molecule has 1 aliphatic heterocycles. The number of halogens is 2. The van der Waals surface area contributed by atoms with Crippen LogP contribution >= 0.6 is 24.8 Å². The van der Waals surface area contributed by atoms with Gasteiger partial charge >= 0.3 is 0 Å². The fraction of sp³-hybridized carbons (Fsp3) is 0.750. The molecule has 2 heterocycles. The van der Waals surface area contributed by atoms with E-state index in [-0.39, 0.29) is 42.7 Å². The minimum atomic E-state index is -0.0271. The number of aromatic nitrogens is 2. The van der Waals surface area contributed by atoms with E-state index in [1.165, 1.54) is 5.56 Å². The van der Waals surface area contributed by atoms with E-state index in [1.54, 1.807) is 0 Å². The first-order valence-corrected chi connectivity index (χ1v) is 7.90. The Hall–Kier alpha value is -0.780. The second-order valence-corrected chi connectivity index (χ2v) is 6.46. The van der Waals surface area contributed by atoms with E-state index in [0.29, 0.717) is 5.92 Å². The SMILES string of the molecule is Cc1nn(C)c(C)c1CC(C)C(=O)NC1CNCCC1C.Cl.Cl. The number of aryl methyl sites for hydroxylation is 2. The summed E-state index contributed by atoms with van der Waals surface area (Å²) in [5.74, 6) is 0.670. The van der Waals surface area contributed by atoms with Crippen LogP contribution in [0.2, 0.25) is 0 Å². The van der Waals surface area contributed by atoms with Gasteiger partial charge in [-0.25, -0.2) is 0 Å². The minimum Gasteiger partial charge on any atom is -0.352 e. The van der Waals surface area contributed by atoms with Crippen molar-refractivity contribution < 1.29 is 4.79 Å². The fourth-order valence-corrected chi connectivity index (χ4v) is 3.02. The normalized spacial score (nSPS) is 21.8. The molecular weight excluding hydrogens is 335 g/mol. The first kappa shape index (κ1) is 22.2. The molecule has 3 unspecified atom stereocenters. The van der Waals surface area contributed by atoms with E-state index in [0.717, 1.165) is 37.3 Å². The third-order valence-electron chi connectivity index (χ3n) is 4.77. The van der Waals surface area contributed by atoms with Crippen molar-refractivity contribution in [2.75, 3.05) is 13.1 Å². The maximum absolute atomic E-state index is 12.4. The summed E-state index contributed by atoms with van der Waals surface area (Å²) >= 11 is 0. The Morgan fingerprint density at radius 1 is 1.43 bits per heavy atom. The van der Waals surface area contributed by atoms with Crippen LogP contribution in [0.15, 0.2) is 0 Å². The highest BCUT2D eigenvalue weighted by Crippen LogP contribution is 2.18. The van der Waals surface area contributed by atoms with Crippen molar-refractivity contribution in [3.05, 3.63) is 17.0 Å². The molecular formula is C16H30Cl2N4O. The van der Waals surface area contributed by atoms with Crippen LogP contribution in [0.25, 0.3) is 0 Å². The monoisotopic (exact) mass is 364 g/mol. The Morgan fingerprint density at radius 2 is 2.09 bits per heavy atom. The maximum Gasteiger partial charge on any atom is 0.223 e. The molecule has 0 aliphatic carbocycles. The number of carbonyl (C=O) groups excluding carboxylic acids is 1. The lowest BCUT2D eigenvalue weighted by Crippen LogP contribution is -2.51. The highest BCUT2D eigenvalue weighted by molar-refractivity contribution is 5.85. The average molecular weight is 365 g/mol. The zero-order valence-electron chi connectivity index (χ0n) is 14.7. The Balaban J connectivity index is 0.00000242.